The lowest BCUT2D eigenvalue weighted by atomic mass is 10.2. The Morgan fingerprint density at radius 1 is 1.40 bits per heavy atom. The number of aromatic nitrogens is 2. The van der Waals surface area contributed by atoms with E-state index in [1.165, 1.54) is 0 Å². The number of hydrogen-bond acceptors (Lipinski definition) is 2. The minimum atomic E-state index is -0.0218. The molecule has 2 aromatic rings. The number of halogens is 1. The van der Waals surface area contributed by atoms with Gasteiger partial charge in [0.1, 0.15) is 0 Å². The third-order valence-electron chi connectivity index (χ3n) is 2.19. The summed E-state index contributed by atoms with van der Waals surface area (Å²) in [4.78, 5) is 0. The minimum absolute atomic E-state index is 0.0218. The van der Waals surface area contributed by atoms with Crippen molar-refractivity contribution in [2.45, 2.75) is 13.0 Å². The van der Waals surface area contributed by atoms with Gasteiger partial charge in [0.2, 0.25) is 0 Å². The van der Waals surface area contributed by atoms with Crippen LogP contribution in [-0.4, -0.2) is 9.78 Å². The molecule has 4 heteroatoms. The van der Waals surface area contributed by atoms with Gasteiger partial charge < -0.3 is 5.73 Å². The van der Waals surface area contributed by atoms with Crippen LogP contribution in [-0.2, 0) is 0 Å². The fourth-order valence-electron chi connectivity index (χ4n) is 1.48. The second-order valence-corrected chi connectivity index (χ2v) is 4.35. The Morgan fingerprint density at radius 3 is 2.87 bits per heavy atom. The van der Waals surface area contributed by atoms with E-state index in [2.05, 4.69) is 21.0 Å². The molecule has 1 heterocycles. The quantitative estimate of drug-likeness (QED) is 0.908. The van der Waals surface area contributed by atoms with E-state index in [-0.39, 0.29) is 6.04 Å². The first-order chi connectivity index (χ1) is 7.18. The summed E-state index contributed by atoms with van der Waals surface area (Å²) in [7, 11) is 0. The fourth-order valence-corrected chi connectivity index (χ4v) is 1.87. The third-order valence-corrected chi connectivity index (χ3v) is 2.68. The molecule has 0 saturated heterocycles. The number of hydrogen-bond donors (Lipinski definition) is 1. The molecule has 1 aromatic carbocycles. The van der Waals surface area contributed by atoms with Gasteiger partial charge in [0.05, 0.1) is 11.4 Å². The Morgan fingerprint density at radius 2 is 2.20 bits per heavy atom. The average molecular weight is 266 g/mol. The molecule has 2 N–H and O–H groups in total. The maximum absolute atomic E-state index is 5.86. The summed E-state index contributed by atoms with van der Waals surface area (Å²) in [6.07, 6.45) is 1.76. The Hall–Kier alpha value is -1.13. The van der Waals surface area contributed by atoms with Crippen molar-refractivity contribution in [2.75, 3.05) is 0 Å². The SMILES string of the molecule is CC(N)c1ccnn1-c1cccc(Br)c1. The lowest BCUT2D eigenvalue weighted by molar-refractivity contribution is 0.710. The molecule has 0 saturated carbocycles. The second-order valence-electron chi connectivity index (χ2n) is 3.44. The van der Waals surface area contributed by atoms with Gasteiger partial charge in [-0.1, -0.05) is 22.0 Å². The number of nitrogens with zero attached hydrogens (tertiary/aromatic N) is 2. The van der Waals surface area contributed by atoms with Gasteiger partial charge in [-0.2, -0.15) is 5.10 Å². The molecule has 15 heavy (non-hydrogen) atoms. The van der Waals surface area contributed by atoms with E-state index in [0.29, 0.717) is 0 Å². The van der Waals surface area contributed by atoms with E-state index in [9.17, 15) is 0 Å². The van der Waals surface area contributed by atoms with Gasteiger partial charge in [0, 0.05) is 16.7 Å². The molecule has 1 aromatic heterocycles. The summed E-state index contributed by atoms with van der Waals surface area (Å²) in [5, 5.41) is 4.26. The van der Waals surface area contributed by atoms with Crippen molar-refractivity contribution in [3.05, 3.63) is 46.7 Å². The van der Waals surface area contributed by atoms with Crippen LogP contribution < -0.4 is 5.73 Å². The summed E-state index contributed by atoms with van der Waals surface area (Å²) >= 11 is 3.44. The topological polar surface area (TPSA) is 43.8 Å². The Labute approximate surface area is 97.0 Å². The number of rotatable bonds is 2. The lowest BCUT2D eigenvalue weighted by Gasteiger charge is -2.10. The number of nitrogens with two attached hydrogens (primary N) is 1. The smallest absolute Gasteiger partial charge is 0.0660 e. The van der Waals surface area contributed by atoms with Gasteiger partial charge in [-0.15, -0.1) is 0 Å². The van der Waals surface area contributed by atoms with Gasteiger partial charge in [0.15, 0.2) is 0 Å². The maximum Gasteiger partial charge on any atom is 0.0660 e. The summed E-state index contributed by atoms with van der Waals surface area (Å²) in [6.45, 7) is 1.95. The van der Waals surface area contributed by atoms with E-state index in [1.807, 2.05) is 41.9 Å². The molecule has 2 rings (SSSR count). The third kappa shape index (κ3) is 2.11. The molecule has 0 amide bonds. The van der Waals surface area contributed by atoms with E-state index in [1.54, 1.807) is 6.20 Å². The average Bonchev–Trinajstić information content (AvgIpc) is 2.65. The van der Waals surface area contributed by atoms with Crippen LogP contribution in [0.3, 0.4) is 0 Å². The standard InChI is InChI=1S/C11H12BrN3/c1-8(13)11-5-6-14-15(11)10-4-2-3-9(12)7-10/h2-8H,13H2,1H3. The Bertz CT molecular complexity index is 462. The van der Waals surface area contributed by atoms with Crippen molar-refractivity contribution in [1.82, 2.24) is 9.78 Å². The highest BCUT2D eigenvalue weighted by molar-refractivity contribution is 9.10. The summed E-state index contributed by atoms with van der Waals surface area (Å²) < 4.78 is 2.89. The van der Waals surface area contributed by atoms with Crippen molar-refractivity contribution < 1.29 is 0 Å². The van der Waals surface area contributed by atoms with Gasteiger partial charge in [-0.25, -0.2) is 4.68 Å². The van der Waals surface area contributed by atoms with Crippen LogP contribution in [0.5, 0.6) is 0 Å². The van der Waals surface area contributed by atoms with Gasteiger partial charge in [-0.3, -0.25) is 0 Å². The van der Waals surface area contributed by atoms with Crippen LogP contribution in [0.2, 0.25) is 0 Å². The van der Waals surface area contributed by atoms with Crippen LogP contribution in [0.4, 0.5) is 0 Å². The number of benzene rings is 1. The molecule has 1 atom stereocenters. The molecule has 0 aliphatic rings. The molecule has 0 spiro atoms. The molecule has 0 aliphatic carbocycles. The largest absolute Gasteiger partial charge is 0.323 e. The van der Waals surface area contributed by atoms with Crippen molar-refractivity contribution in [1.29, 1.82) is 0 Å². The maximum atomic E-state index is 5.86. The van der Waals surface area contributed by atoms with Gasteiger partial charge in [0.25, 0.3) is 0 Å². The zero-order chi connectivity index (χ0) is 10.8. The molecule has 3 nitrogen and oxygen atoms in total. The second kappa shape index (κ2) is 4.16. The van der Waals surface area contributed by atoms with Crippen LogP contribution >= 0.6 is 15.9 Å². The molecular weight excluding hydrogens is 254 g/mol. The first-order valence-electron chi connectivity index (χ1n) is 4.74. The van der Waals surface area contributed by atoms with Crippen LogP contribution in [0.1, 0.15) is 18.7 Å². The van der Waals surface area contributed by atoms with Crippen molar-refractivity contribution in [3.8, 4) is 5.69 Å². The zero-order valence-corrected chi connectivity index (χ0v) is 9.98. The van der Waals surface area contributed by atoms with E-state index in [0.717, 1.165) is 15.9 Å². The lowest BCUT2D eigenvalue weighted by Crippen LogP contribution is -2.11. The Kier molecular flexibility index (Phi) is 2.88. The Balaban J connectivity index is 2.49. The predicted molar refractivity (Wildman–Crippen MR) is 63.9 cm³/mol. The highest BCUT2D eigenvalue weighted by Gasteiger charge is 2.08. The normalized spacial score (nSPS) is 12.7. The summed E-state index contributed by atoms with van der Waals surface area (Å²) in [5.41, 5.74) is 7.88. The first kappa shape index (κ1) is 10.4. The zero-order valence-electron chi connectivity index (χ0n) is 8.39. The molecule has 78 valence electrons. The summed E-state index contributed by atoms with van der Waals surface area (Å²) in [6, 6.07) is 9.89. The van der Waals surface area contributed by atoms with Gasteiger partial charge >= 0.3 is 0 Å². The van der Waals surface area contributed by atoms with Crippen LogP contribution in [0, 0.1) is 0 Å². The first-order valence-corrected chi connectivity index (χ1v) is 5.53. The van der Waals surface area contributed by atoms with E-state index in [4.69, 9.17) is 5.73 Å². The highest BCUT2D eigenvalue weighted by atomic mass is 79.9. The molecule has 0 radical (unpaired) electrons. The molecule has 0 fully saturated rings. The molecule has 0 bridgehead atoms. The highest BCUT2D eigenvalue weighted by Crippen LogP contribution is 2.18. The fraction of sp³-hybridized carbons (Fsp3) is 0.182. The molecule has 0 aliphatic heterocycles. The van der Waals surface area contributed by atoms with E-state index < -0.39 is 0 Å². The van der Waals surface area contributed by atoms with Crippen molar-refractivity contribution in [3.63, 3.8) is 0 Å². The van der Waals surface area contributed by atoms with Gasteiger partial charge in [-0.05, 0) is 31.2 Å². The van der Waals surface area contributed by atoms with Crippen molar-refractivity contribution in [2.24, 2.45) is 5.73 Å². The monoisotopic (exact) mass is 265 g/mol. The van der Waals surface area contributed by atoms with Crippen molar-refractivity contribution >= 4 is 15.9 Å². The summed E-state index contributed by atoms with van der Waals surface area (Å²) in [5.74, 6) is 0. The molecular formula is C11H12BrN3. The van der Waals surface area contributed by atoms with Crippen LogP contribution in [0.25, 0.3) is 5.69 Å². The molecule has 1 unspecified atom stereocenters. The predicted octanol–water partition coefficient (Wildman–Crippen LogP) is 2.65. The van der Waals surface area contributed by atoms with E-state index >= 15 is 0 Å². The minimum Gasteiger partial charge on any atom is -0.323 e. The van der Waals surface area contributed by atoms with Crippen LogP contribution in [0.15, 0.2) is 41.0 Å².